The third-order valence-electron chi connectivity index (χ3n) is 8.03. The lowest BCUT2D eigenvalue weighted by Gasteiger charge is -2.36. The van der Waals surface area contributed by atoms with Crippen molar-refractivity contribution in [1.82, 2.24) is 4.90 Å². The number of likely N-dealkylation sites (N-methyl/N-ethyl adjacent to an activating group) is 1. The highest BCUT2D eigenvalue weighted by Crippen LogP contribution is 2.48. The summed E-state index contributed by atoms with van der Waals surface area (Å²) in [6, 6.07) is 5.69. The molecule has 3 atom stereocenters. The van der Waals surface area contributed by atoms with Crippen LogP contribution in [0.3, 0.4) is 0 Å². The highest BCUT2D eigenvalue weighted by Gasteiger charge is 2.42. The van der Waals surface area contributed by atoms with Gasteiger partial charge < -0.3 is 40.5 Å². The van der Waals surface area contributed by atoms with E-state index in [9.17, 15) is 34.8 Å². The molecule has 12 heteroatoms. The number of phenolic OH excluding ortho intramolecular Hbond substituents is 1. The second-order valence-corrected chi connectivity index (χ2v) is 11.1. The van der Waals surface area contributed by atoms with Gasteiger partial charge in [-0.25, -0.2) is 0 Å². The number of benzene rings is 2. The van der Waals surface area contributed by atoms with E-state index in [1.54, 1.807) is 57.4 Å². The van der Waals surface area contributed by atoms with Gasteiger partial charge in [0.15, 0.2) is 23.1 Å². The Labute approximate surface area is 241 Å². The summed E-state index contributed by atoms with van der Waals surface area (Å²) in [7, 11) is 6.68. The van der Waals surface area contributed by atoms with Crippen LogP contribution in [0.25, 0.3) is 11.1 Å². The summed E-state index contributed by atoms with van der Waals surface area (Å²) in [5.41, 5.74) is 6.50. The molecule has 0 saturated heterocycles. The lowest BCUT2D eigenvalue weighted by molar-refractivity contribution is -0.121. The van der Waals surface area contributed by atoms with Crippen molar-refractivity contribution in [2.45, 2.75) is 31.4 Å². The summed E-state index contributed by atoms with van der Waals surface area (Å²) in [5.74, 6) is -4.34. The molecule has 2 aromatic rings. The molecule has 6 N–H and O–H groups in total. The average molecular weight is 580 g/mol. The Bertz CT molecular complexity index is 1570. The maximum atomic E-state index is 14.2. The molecule has 1 aliphatic heterocycles. The fourth-order valence-electron chi connectivity index (χ4n) is 6.15. The molecule has 5 rings (SSSR count). The van der Waals surface area contributed by atoms with Crippen LogP contribution in [0.4, 0.5) is 5.69 Å². The predicted octanol–water partition coefficient (Wildman–Crippen LogP) is 1.97. The first-order chi connectivity index (χ1) is 19.8. The molecule has 2 aliphatic carbocycles. The van der Waals surface area contributed by atoms with Crippen LogP contribution in [0.1, 0.15) is 28.8 Å². The molecule has 222 valence electrons. The zero-order chi connectivity index (χ0) is 30.6. The summed E-state index contributed by atoms with van der Waals surface area (Å²) in [5, 5.41) is 44.9. The number of phenols is 1. The van der Waals surface area contributed by atoms with E-state index in [0.717, 1.165) is 0 Å². The number of aliphatic hydroxyl groups excluding tert-OH is 3. The van der Waals surface area contributed by atoms with Gasteiger partial charge in [-0.05, 0) is 62.2 Å². The Hall–Kier alpha value is -4.55. The van der Waals surface area contributed by atoms with Crippen molar-refractivity contribution < 1.29 is 44.3 Å². The number of Topliss-reactive ketones (excluding diaryl/α,β-unsaturated/α-hetero) is 2. The number of carbonyl (C=O) groups is 3. The molecule has 0 saturated carbocycles. The average Bonchev–Trinajstić information content (AvgIpc) is 3.35. The number of ketones is 2. The van der Waals surface area contributed by atoms with Gasteiger partial charge in [-0.2, -0.15) is 0 Å². The van der Waals surface area contributed by atoms with Gasteiger partial charge in [0, 0.05) is 30.9 Å². The molecule has 0 bridgehead atoms. The van der Waals surface area contributed by atoms with Crippen molar-refractivity contribution in [1.29, 1.82) is 0 Å². The number of hydrogen-bond acceptors (Lipinski definition) is 11. The van der Waals surface area contributed by atoms with Gasteiger partial charge in [0.05, 0.1) is 24.1 Å². The van der Waals surface area contributed by atoms with Gasteiger partial charge in [-0.3, -0.25) is 19.3 Å². The molecule has 1 amide bonds. The monoisotopic (exact) mass is 579 g/mol. The topological polar surface area (TPSA) is 183 Å². The number of anilines is 1. The molecule has 0 aromatic heterocycles. The molecule has 2 aromatic carbocycles. The highest BCUT2D eigenvalue weighted by atomic mass is 16.7. The van der Waals surface area contributed by atoms with Gasteiger partial charge in [-0.1, -0.05) is 6.07 Å². The minimum absolute atomic E-state index is 0.0386. The van der Waals surface area contributed by atoms with Gasteiger partial charge in [-0.15, -0.1) is 0 Å². The molecule has 42 heavy (non-hydrogen) atoms. The van der Waals surface area contributed by atoms with Crippen molar-refractivity contribution in [3.63, 3.8) is 0 Å². The minimum Gasteiger partial charge on any atom is -0.511 e. The molecular weight excluding hydrogens is 546 g/mol. The molecule has 12 nitrogen and oxygen atoms in total. The van der Waals surface area contributed by atoms with Crippen molar-refractivity contribution in [2.24, 2.45) is 11.7 Å². The number of nitrogens with zero attached hydrogens (tertiary/aromatic N) is 2. The van der Waals surface area contributed by atoms with Gasteiger partial charge in [0.2, 0.25) is 6.79 Å². The quantitative estimate of drug-likeness (QED) is 0.334. The molecule has 1 heterocycles. The normalized spacial score (nSPS) is 25.7. The lowest BCUT2D eigenvalue weighted by Crippen LogP contribution is -2.45. The van der Waals surface area contributed by atoms with E-state index in [1.807, 2.05) is 0 Å². The van der Waals surface area contributed by atoms with Crippen LogP contribution in [0.5, 0.6) is 17.2 Å². The van der Waals surface area contributed by atoms with Crippen molar-refractivity contribution in [2.75, 3.05) is 39.9 Å². The van der Waals surface area contributed by atoms with E-state index in [2.05, 4.69) is 0 Å². The van der Waals surface area contributed by atoms with Crippen LogP contribution in [0, 0.1) is 5.92 Å². The minimum atomic E-state index is -1.37. The first-order valence-corrected chi connectivity index (χ1v) is 13.3. The number of nitrogens with two attached hydrogens (primary N) is 1. The largest absolute Gasteiger partial charge is 0.511 e. The number of hydrogen-bond donors (Lipinski definition) is 5. The summed E-state index contributed by atoms with van der Waals surface area (Å²) in [6.45, 7) is 0.0644. The van der Waals surface area contributed by atoms with Crippen LogP contribution in [0.2, 0.25) is 0 Å². The van der Waals surface area contributed by atoms with Crippen LogP contribution in [0.15, 0.2) is 46.9 Å². The second kappa shape index (κ2) is 10.7. The van der Waals surface area contributed by atoms with Gasteiger partial charge in [0.25, 0.3) is 5.91 Å². The summed E-state index contributed by atoms with van der Waals surface area (Å²) in [6.07, 6.45) is -2.14. The standard InChI is InChI=1S/C30H33N3O9/c1-32(2)17-10-15(13-5-6-21-22(9-13)42-12-41-21)27(37)24-16(17)7-14-8-20(36)26(33(3)4)29(39)25(30(31)40)19(35)11-18(34)23(14)28(24)38/h5-6,9-10,14,20,26,34,36-37,39H,7-8,11-12H2,1-4H3,(H2,31,40)/b23-18-,29-25-/t14-,20-,26-/m0/s1. The third kappa shape index (κ3) is 4.72. The third-order valence-corrected chi connectivity index (χ3v) is 8.03. The first kappa shape index (κ1) is 29.0. The molecule has 0 fully saturated rings. The van der Waals surface area contributed by atoms with E-state index < -0.39 is 59.0 Å². The fourth-order valence-corrected chi connectivity index (χ4v) is 6.15. The van der Waals surface area contributed by atoms with Crippen molar-refractivity contribution in [3.8, 4) is 28.4 Å². The number of fused-ring (bicyclic) bond motifs is 3. The number of allylic oxidation sites excluding steroid dienone is 2. The zero-order valence-electron chi connectivity index (χ0n) is 23.7. The van der Waals surface area contributed by atoms with E-state index in [-0.39, 0.29) is 36.5 Å². The molecular formula is C30H33N3O9. The number of rotatable bonds is 4. The number of ether oxygens (including phenoxy) is 2. The highest BCUT2D eigenvalue weighted by molar-refractivity contribution is 6.20. The Kier molecular flexibility index (Phi) is 7.37. The smallest absolute Gasteiger partial charge is 0.255 e. The maximum Gasteiger partial charge on any atom is 0.255 e. The predicted molar refractivity (Wildman–Crippen MR) is 152 cm³/mol. The van der Waals surface area contributed by atoms with E-state index in [0.29, 0.717) is 33.9 Å². The lowest BCUT2D eigenvalue weighted by atomic mass is 9.72. The number of aliphatic hydroxyl groups is 3. The van der Waals surface area contributed by atoms with Crippen LogP contribution in [-0.2, 0) is 16.0 Å². The Morgan fingerprint density at radius 3 is 2.36 bits per heavy atom. The SMILES string of the molecule is CN(C)c1cc(-c2ccc3c(c2)OCO3)c(O)c2c1C[C@H]1C[C@H](O)[C@H](N(C)C)/C(O)=C(/C(N)=O)C(=O)C/C(O)=C\1C2=O. The molecule has 0 unspecified atom stereocenters. The summed E-state index contributed by atoms with van der Waals surface area (Å²) in [4.78, 5) is 42.8. The Morgan fingerprint density at radius 2 is 1.71 bits per heavy atom. The maximum absolute atomic E-state index is 14.2. The number of aromatic hydroxyl groups is 1. The Morgan fingerprint density at radius 1 is 1.02 bits per heavy atom. The second-order valence-electron chi connectivity index (χ2n) is 11.1. The van der Waals surface area contributed by atoms with E-state index >= 15 is 0 Å². The number of primary amides is 1. The van der Waals surface area contributed by atoms with E-state index in [4.69, 9.17) is 15.2 Å². The van der Waals surface area contributed by atoms with Crippen molar-refractivity contribution in [3.05, 3.63) is 58.1 Å². The van der Waals surface area contributed by atoms with E-state index in [1.165, 1.54) is 4.90 Å². The number of amides is 1. The summed E-state index contributed by atoms with van der Waals surface area (Å²) < 4.78 is 10.9. The van der Waals surface area contributed by atoms with Crippen molar-refractivity contribution >= 4 is 23.2 Å². The molecule has 0 radical (unpaired) electrons. The van der Waals surface area contributed by atoms with Gasteiger partial charge in [0.1, 0.15) is 22.8 Å². The van der Waals surface area contributed by atoms with Crippen LogP contribution < -0.4 is 20.1 Å². The first-order valence-electron chi connectivity index (χ1n) is 13.3. The molecule has 3 aliphatic rings. The van der Waals surface area contributed by atoms with Crippen LogP contribution in [-0.4, -0.2) is 89.9 Å². The number of carbonyl (C=O) groups excluding carboxylic acids is 3. The Balaban J connectivity index is 1.71. The zero-order valence-corrected chi connectivity index (χ0v) is 23.7. The van der Waals surface area contributed by atoms with Crippen LogP contribution >= 0.6 is 0 Å². The van der Waals surface area contributed by atoms with Gasteiger partial charge >= 0.3 is 0 Å². The fraction of sp³-hybridized carbons (Fsp3) is 0.367. The molecule has 0 spiro atoms. The summed E-state index contributed by atoms with van der Waals surface area (Å²) >= 11 is 0.